The summed E-state index contributed by atoms with van der Waals surface area (Å²) < 4.78 is 22.2. The first kappa shape index (κ1) is 22.4. The summed E-state index contributed by atoms with van der Waals surface area (Å²) in [6.07, 6.45) is 0. The van der Waals surface area contributed by atoms with Gasteiger partial charge in [0, 0.05) is 10.6 Å². The van der Waals surface area contributed by atoms with Crippen molar-refractivity contribution in [2.75, 3.05) is 21.3 Å². The van der Waals surface area contributed by atoms with Gasteiger partial charge in [0.25, 0.3) is 0 Å². The van der Waals surface area contributed by atoms with Crippen molar-refractivity contribution in [2.24, 2.45) is 5.73 Å². The number of nitrogens with two attached hydrogens (primary N) is 1. The molecule has 1 aliphatic rings. The van der Waals surface area contributed by atoms with Gasteiger partial charge in [0.1, 0.15) is 11.6 Å². The summed E-state index contributed by atoms with van der Waals surface area (Å²) in [4.78, 5) is 1.13. The smallest absolute Gasteiger partial charge is 0.244 e. The molecule has 3 N–H and O–H groups in total. The Morgan fingerprint density at radius 1 is 1.12 bits per heavy atom. The van der Waals surface area contributed by atoms with Crippen LogP contribution in [-0.4, -0.2) is 31.5 Å². The number of fused-ring (bicyclic) bond motifs is 1. The Hall–Kier alpha value is -3.77. The highest BCUT2D eigenvalue weighted by molar-refractivity contribution is 7.98. The number of H-pyrrole nitrogens is 1. The molecule has 9 heteroatoms. The van der Waals surface area contributed by atoms with Gasteiger partial charge in [-0.15, -0.1) is 16.9 Å². The maximum Gasteiger partial charge on any atom is 0.244 e. The van der Waals surface area contributed by atoms with Gasteiger partial charge in [-0.05, 0) is 36.8 Å². The van der Waals surface area contributed by atoms with Gasteiger partial charge in [-0.25, -0.2) is 0 Å². The zero-order chi connectivity index (χ0) is 23.5. The molecular formula is C24H24N4O4S. The van der Waals surface area contributed by atoms with Crippen LogP contribution in [0.3, 0.4) is 0 Å². The molecule has 0 bridgehead atoms. The highest BCUT2D eigenvalue weighted by Crippen LogP contribution is 2.48. The first-order valence-corrected chi connectivity index (χ1v) is 11.1. The summed E-state index contributed by atoms with van der Waals surface area (Å²) >= 11 is 1.66. The highest BCUT2D eigenvalue weighted by Gasteiger charge is 2.36. The Balaban J connectivity index is 1.80. The number of aromatic amines is 1. The van der Waals surface area contributed by atoms with Crippen LogP contribution in [0.15, 0.2) is 52.7 Å². The van der Waals surface area contributed by atoms with Crippen LogP contribution < -0.4 is 24.7 Å². The van der Waals surface area contributed by atoms with Crippen molar-refractivity contribution in [1.82, 2.24) is 10.2 Å². The van der Waals surface area contributed by atoms with Crippen LogP contribution in [0.1, 0.15) is 28.3 Å². The Morgan fingerprint density at radius 2 is 1.79 bits per heavy atom. The van der Waals surface area contributed by atoms with Gasteiger partial charge in [-0.2, -0.15) is 5.26 Å². The lowest BCUT2D eigenvalue weighted by Crippen LogP contribution is -2.21. The number of rotatable bonds is 7. The van der Waals surface area contributed by atoms with E-state index in [1.54, 1.807) is 33.1 Å². The van der Waals surface area contributed by atoms with Crippen LogP contribution in [0.5, 0.6) is 23.1 Å². The molecule has 2 heterocycles. The third kappa shape index (κ3) is 4.17. The number of thioether (sulfide) groups is 1. The number of hydrogen-bond donors (Lipinski definition) is 2. The first-order chi connectivity index (χ1) is 16.0. The van der Waals surface area contributed by atoms with Gasteiger partial charge in [-0.3, -0.25) is 5.10 Å². The number of ether oxygens (including phenoxy) is 4. The molecule has 3 aromatic rings. The molecule has 0 saturated heterocycles. The molecule has 8 nitrogen and oxygen atoms in total. The van der Waals surface area contributed by atoms with Crippen LogP contribution in [0.25, 0.3) is 0 Å². The fourth-order valence-corrected chi connectivity index (χ4v) is 4.67. The first-order valence-electron chi connectivity index (χ1n) is 10.1. The summed E-state index contributed by atoms with van der Waals surface area (Å²) in [6, 6.07) is 14.1. The predicted molar refractivity (Wildman–Crippen MR) is 125 cm³/mol. The van der Waals surface area contributed by atoms with Gasteiger partial charge in [0.2, 0.25) is 17.5 Å². The molecule has 0 fully saturated rings. The average Bonchev–Trinajstić information content (AvgIpc) is 3.23. The summed E-state index contributed by atoms with van der Waals surface area (Å²) in [5, 5.41) is 17.3. The number of nitriles is 1. The molecule has 0 radical (unpaired) electrons. The summed E-state index contributed by atoms with van der Waals surface area (Å²) in [5.41, 5.74) is 9.95. The van der Waals surface area contributed by atoms with E-state index in [0.717, 1.165) is 21.7 Å². The lowest BCUT2D eigenvalue weighted by molar-refractivity contribution is 0.323. The monoisotopic (exact) mass is 464 g/mol. The van der Waals surface area contributed by atoms with E-state index in [9.17, 15) is 5.26 Å². The SMILES string of the molecule is COc1cc([C@H]2C(C#N)=C(N)Oc3n[nH]c(CSc4ccc(C)cc4)c32)cc(OC)c1OC. The van der Waals surface area contributed by atoms with Gasteiger partial charge >= 0.3 is 0 Å². The van der Waals surface area contributed by atoms with E-state index in [4.69, 9.17) is 24.7 Å². The minimum Gasteiger partial charge on any atom is -0.493 e. The van der Waals surface area contributed by atoms with Crippen LogP contribution >= 0.6 is 11.8 Å². The van der Waals surface area contributed by atoms with Crippen LogP contribution in [0, 0.1) is 18.3 Å². The van der Waals surface area contributed by atoms with E-state index in [1.807, 2.05) is 12.1 Å². The standard InChI is InChI=1S/C24H24N4O4S/c1-13-5-7-15(8-6-13)33-12-17-21-20(16(11-25)23(26)32-24(21)28-27-17)14-9-18(29-2)22(31-4)19(10-14)30-3/h5-10,20H,12,26H2,1-4H3,(H,27,28)/t20-/m0/s1. The van der Waals surface area contributed by atoms with E-state index in [-0.39, 0.29) is 5.88 Å². The zero-order valence-corrected chi connectivity index (χ0v) is 19.6. The van der Waals surface area contributed by atoms with Gasteiger partial charge in [0.15, 0.2) is 11.5 Å². The quantitative estimate of drug-likeness (QED) is 0.499. The van der Waals surface area contributed by atoms with E-state index in [1.165, 1.54) is 5.56 Å². The molecule has 0 saturated carbocycles. The van der Waals surface area contributed by atoms with E-state index >= 15 is 0 Å². The lowest BCUT2D eigenvalue weighted by Gasteiger charge is -2.25. The fourth-order valence-electron chi connectivity index (χ4n) is 3.81. The van der Waals surface area contributed by atoms with Crippen LogP contribution in [0.2, 0.25) is 0 Å². The Morgan fingerprint density at radius 3 is 2.36 bits per heavy atom. The van der Waals surface area contributed by atoms with Crippen molar-refractivity contribution in [3.8, 4) is 29.2 Å². The molecule has 4 rings (SSSR count). The van der Waals surface area contributed by atoms with Crippen molar-refractivity contribution in [3.05, 3.63) is 70.2 Å². The molecule has 1 aromatic heterocycles. The number of aromatic nitrogens is 2. The fraction of sp³-hybridized carbons (Fsp3) is 0.250. The molecule has 33 heavy (non-hydrogen) atoms. The zero-order valence-electron chi connectivity index (χ0n) is 18.8. The number of allylic oxidation sites excluding steroid dienone is 1. The molecule has 0 unspecified atom stereocenters. The maximum absolute atomic E-state index is 9.94. The predicted octanol–water partition coefficient (Wildman–Crippen LogP) is 4.25. The third-order valence-corrected chi connectivity index (χ3v) is 6.48. The second-order valence-electron chi connectivity index (χ2n) is 7.41. The molecular weight excluding hydrogens is 440 g/mol. The molecule has 1 aliphatic heterocycles. The van der Waals surface area contributed by atoms with Gasteiger partial charge < -0.3 is 24.7 Å². The second kappa shape index (κ2) is 9.38. The Labute approximate surface area is 196 Å². The number of aryl methyl sites for hydroxylation is 1. The molecule has 0 spiro atoms. The van der Waals surface area contributed by atoms with Crippen LogP contribution in [-0.2, 0) is 5.75 Å². The maximum atomic E-state index is 9.94. The normalized spacial score (nSPS) is 14.8. The molecule has 0 aliphatic carbocycles. The topological polar surface area (TPSA) is 115 Å². The van der Waals surface area contributed by atoms with Crippen molar-refractivity contribution in [2.45, 2.75) is 23.5 Å². The Bertz CT molecular complexity index is 1220. The number of nitrogens with one attached hydrogen (secondary N) is 1. The van der Waals surface area contributed by atoms with Gasteiger partial charge in [0.05, 0.1) is 38.5 Å². The molecule has 170 valence electrons. The molecule has 0 amide bonds. The minimum absolute atomic E-state index is 0.0213. The van der Waals surface area contributed by atoms with Crippen molar-refractivity contribution >= 4 is 11.8 Å². The number of methoxy groups -OCH3 is 3. The molecule has 1 atom stereocenters. The van der Waals surface area contributed by atoms with Crippen LogP contribution in [0.4, 0.5) is 0 Å². The second-order valence-corrected chi connectivity index (χ2v) is 8.45. The highest BCUT2D eigenvalue weighted by atomic mass is 32.2. The number of nitrogens with zero attached hydrogens (tertiary/aromatic N) is 2. The summed E-state index contributed by atoms with van der Waals surface area (Å²) in [5.74, 6) is 1.89. The van der Waals surface area contributed by atoms with Crippen molar-refractivity contribution in [3.63, 3.8) is 0 Å². The van der Waals surface area contributed by atoms with E-state index < -0.39 is 5.92 Å². The van der Waals surface area contributed by atoms with E-state index in [2.05, 4.69) is 47.5 Å². The van der Waals surface area contributed by atoms with Crippen molar-refractivity contribution in [1.29, 1.82) is 5.26 Å². The largest absolute Gasteiger partial charge is 0.493 e. The Kier molecular flexibility index (Phi) is 6.38. The van der Waals surface area contributed by atoms with E-state index in [0.29, 0.717) is 34.5 Å². The van der Waals surface area contributed by atoms with Gasteiger partial charge in [-0.1, -0.05) is 17.7 Å². The van der Waals surface area contributed by atoms with Crippen molar-refractivity contribution < 1.29 is 18.9 Å². The third-order valence-electron chi connectivity index (χ3n) is 5.44. The summed E-state index contributed by atoms with van der Waals surface area (Å²) in [6.45, 7) is 2.05. The average molecular weight is 465 g/mol. The summed E-state index contributed by atoms with van der Waals surface area (Å²) in [7, 11) is 4.64. The number of hydrogen-bond acceptors (Lipinski definition) is 8. The number of benzene rings is 2. The minimum atomic E-state index is -0.514. The lowest BCUT2D eigenvalue weighted by atomic mass is 9.84. The molecule has 2 aromatic carbocycles.